The molecule has 2 heterocycles. The number of guanidine groups is 1. The molecule has 0 aliphatic carbocycles. The predicted molar refractivity (Wildman–Crippen MR) is 100 cm³/mol. The van der Waals surface area contributed by atoms with E-state index in [0.29, 0.717) is 5.56 Å². The van der Waals surface area contributed by atoms with E-state index in [1.807, 2.05) is 39.0 Å². The molecule has 0 bridgehead atoms. The van der Waals surface area contributed by atoms with Crippen LogP contribution in [0.1, 0.15) is 29.2 Å². The number of nitriles is 1. The number of carbonyl (C=O) groups excluding carboxylic acids is 1. The molecule has 0 saturated carbocycles. The van der Waals surface area contributed by atoms with E-state index in [1.54, 1.807) is 24.5 Å². The summed E-state index contributed by atoms with van der Waals surface area (Å²) in [4.78, 5) is 20.7. The minimum absolute atomic E-state index is 0.0333. The maximum absolute atomic E-state index is 12.5. The van der Waals surface area contributed by atoms with Gasteiger partial charge in [-0.1, -0.05) is 19.1 Å². The van der Waals surface area contributed by atoms with Crippen LogP contribution in [0.4, 0.5) is 0 Å². The zero-order valence-corrected chi connectivity index (χ0v) is 15.5. The van der Waals surface area contributed by atoms with E-state index in [2.05, 4.69) is 17.1 Å². The topological polar surface area (TPSA) is 82.5 Å². The molecule has 1 amide bonds. The number of hydrogen-bond donors (Lipinski definition) is 1. The van der Waals surface area contributed by atoms with Crippen molar-refractivity contribution in [1.82, 2.24) is 4.90 Å². The second-order valence-electron chi connectivity index (χ2n) is 6.51. The molecule has 25 heavy (non-hydrogen) atoms. The highest BCUT2D eigenvalue weighted by Crippen LogP contribution is 2.44. The van der Waals surface area contributed by atoms with Gasteiger partial charge in [0.05, 0.1) is 17.6 Å². The fraction of sp³-hybridized carbons (Fsp3) is 0.316. The van der Waals surface area contributed by atoms with Gasteiger partial charge in [0.25, 0.3) is 0 Å². The summed E-state index contributed by atoms with van der Waals surface area (Å²) in [5.41, 5.74) is 7.95. The molecule has 3 rings (SSSR count). The van der Waals surface area contributed by atoms with Crippen molar-refractivity contribution in [3.8, 4) is 17.2 Å². The zero-order chi connectivity index (χ0) is 18.4. The quantitative estimate of drug-likeness (QED) is 0.901. The van der Waals surface area contributed by atoms with E-state index < -0.39 is 5.54 Å². The second kappa shape index (κ2) is 6.01. The highest BCUT2D eigenvalue weighted by atomic mass is 32.1. The number of amides is 1. The van der Waals surface area contributed by atoms with Gasteiger partial charge in [-0.25, -0.2) is 4.99 Å². The van der Waals surface area contributed by atoms with Crippen LogP contribution in [0, 0.1) is 24.2 Å². The lowest BCUT2D eigenvalue weighted by atomic mass is 9.83. The number of nitrogens with two attached hydrogens (primary N) is 1. The van der Waals surface area contributed by atoms with E-state index in [1.165, 1.54) is 4.90 Å². The third-order valence-electron chi connectivity index (χ3n) is 4.95. The SMILES string of the molecule is Cc1sc([C@@]2(C)N=C(N)N(C)C(=O)[C@H]2C)cc1-c1cccc(C#N)c1. The lowest BCUT2D eigenvalue weighted by Gasteiger charge is -2.37. The lowest BCUT2D eigenvalue weighted by molar-refractivity contribution is -0.133. The van der Waals surface area contributed by atoms with Gasteiger partial charge < -0.3 is 5.73 Å². The van der Waals surface area contributed by atoms with Gasteiger partial charge in [0.15, 0.2) is 5.96 Å². The van der Waals surface area contributed by atoms with Crippen LogP contribution < -0.4 is 5.73 Å². The molecule has 0 spiro atoms. The summed E-state index contributed by atoms with van der Waals surface area (Å²) in [6.45, 7) is 5.89. The maximum Gasteiger partial charge on any atom is 0.234 e. The third kappa shape index (κ3) is 2.71. The number of nitrogens with zero attached hydrogens (tertiary/aromatic N) is 3. The van der Waals surface area contributed by atoms with Gasteiger partial charge >= 0.3 is 0 Å². The molecule has 5 nitrogen and oxygen atoms in total. The van der Waals surface area contributed by atoms with Crippen molar-refractivity contribution in [1.29, 1.82) is 5.26 Å². The van der Waals surface area contributed by atoms with Gasteiger partial charge in [-0.05, 0) is 43.2 Å². The van der Waals surface area contributed by atoms with Crippen molar-refractivity contribution >= 4 is 23.2 Å². The molecule has 0 radical (unpaired) electrons. The van der Waals surface area contributed by atoms with E-state index in [9.17, 15) is 4.79 Å². The Balaban J connectivity index is 2.11. The highest BCUT2D eigenvalue weighted by molar-refractivity contribution is 7.12. The number of carbonyl (C=O) groups is 1. The van der Waals surface area contributed by atoms with Crippen molar-refractivity contribution in [3.63, 3.8) is 0 Å². The van der Waals surface area contributed by atoms with Crippen molar-refractivity contribution in [3.05, 3.63) is 45.6 Å². The molecule has 6 heteroatoms. The van der Waals surface area contributed by atoms with Gasteiger partial charge in [0, 0.05) is 16.8 Å². The van der Waals surface area contributed by atoms with Crippen LogP contribution in [0.25, 0.3) is 11.1 Å². The molecule has 0 fully saturated rings. The number of benzene rings is 1. The Labute approximate surface area is 151 Å². The molecule has 128 valence electrons. The Morgan fingerprint density at radius 2 is 2.12 bits per heavy atom. The smallest absolute Gasteiger partial charge is 0.234 e. The first kappa shape index (κ1) is 17.2. The highest BCUT2D eigenvalue weighted by Gasteiger charge is 2.44. The molecule has 0 saturated heterocycles. The largest absolute Gasteiger partial charge is 0.369 e. The summed E-state index contributed by atoms with van der Waals surface area (Å²) >= 11 is 1.62. The minimum Gasteiger partial charge on any atom is -0.369 e. The van der Waals surface area contributed by atoms with Crippen molar-refractivity contribution in [2.45, 2.75) is 26.3 Å². The Hall–Kier alpha value is -2.65. The number of thiophene rings is 1. The molecule has 1 aromatic carbocycles. The Kier molecular flexibility index (Phi) is 4.13. The zero-order valence-electron chi connectivity index (χ0n) is 14.7. The van der Waals surface area contributed by atoms with Gasteiger partial charge in [-0.2, -0.15) is 5.26 Å². The predicted octanol–water partition coefficient (Wildman–Crippen LogP) is 3.23. The standard InChI is InChI=1S/C19H20N4OS/c1-11-17(24)23(4)18(21)22-19(11,3)16-9-15(12(2)25-16)14-7-5-6-13(8-14)10-20/h5-9,11H,1-4H3,(H2,21,22)/t11-,19+/m1/s1. The Morgan fingerprint density at radius 3 is 2.80 bits per heavy atom. The fourth-order valence-electron chi connectivity index (χ4n) is 3.10. The van der Waals surface area contributed by atoms with Gasteiger partial charge in [0.2, 0.25) is 5.91 Å². The minimum atomic E-state index is -0.686. The van der Waals surface area contributed by atoms with Crippen LogP contribution in [0.2, 0.25) is 0 Å². The number of rotatable bonds is 2. The van der Waals surface area contributed by atoms with Gasteiger partial charge in [-0.3, -0.25) is 9.69 Å². The first-order valence-corrected chi connectivity index (χ1v) is 8.84. The number of aliphatic imine (C=N–C) groups is 1. The van der Waals surface area contributed by atoms with Gasteiger partial charge in [-0.15, -0.1) is 11.3 Å². The lowest BCUT2D eigenvalue weighted by Crippen LogP contribution is -2.52. The maximum atomic E-state index is 12.5. The molecular formula is C19H20N4OS. The average molecular weight is 352 g/mol. The summed E-state index contributed by atoms with van der Waals surface area (Å²) in [5.74, 6) is -0.0973. The van der Waals surface area contributed by atoms with Crippen molar-refractivity contribution in [2.75, 3.05) is 7.05 Å². The molecule has 1 aromatic heterocycles. The first-order valence-electron chi connectivity index (χ1n) is 8.02. The van der Waals surface area contributed by atoms with Crippen LogP contribution in [0.3, 0.4) is 0 Å². The van der Waals surface area contributed by atoms with E-state index in [0.717, 1.165) is 20.9 Å². The molecule has 2 N–H and O–H groups in total. The Morgan fingerprint density at radius 1 is 1.40 bits per heavy atom. The van der Waals surface area contributed by atoms with Crippen LogP contribution in [-0.4, -0.2) is 23.8 Å². The molecule has 1 aliphatic rings. The molecule has 1 aliphatic heterocycles. The van der Waals surface area contributed by atoms with Crippen LogP contribution >= 0.6 is 11.3 Å². The van der Waals surface area contributed by atoms with Crippen LogP contribution in [0.15, 0.2) is 35.3 Å². The van der Waals surface area contributed by atoms with Gasteiger partial charge in [0.1, 0.15) is 5.54 Å². The molecule has 0 unspecified atom stereocenters. The van der Waals surface area contributed by atoms with Crippen LogP contribution in [-0.2, 0) is 10.3 Å². The van der Waals surface area contributed by atoms with E-state index in [4.69, 9.17) is 11.0 Å². The van der Waals surface area contributed by atoms with E-state index >= 15 is 0 Å². The average Bonchev–Trinajstić information content (AvgIpc) is 3.01. The first-order chi connectivity index (χ1) is 11.8. The third-order valence-corrected chi connectivity index (χ3v) is 6.23. The number of aryl methyl sites for hydroxylation is 1. The summed E-state index contributed by atoms with van der Waals surface area (Å²) in [6.07, 6.45) is 0. The summed E-state index contributed by atoms with van der Waals surface area (Å²) < 4.78 is 0. The molecule has 2 aromatic rings. The monoisotopic (exact) mass is 352 g/mol. The summed E-state index contributed by atoms with van der Waals surface area (Å²) in [5, 5.41) is 9.13. The van der Waals surface area contributed by atoms with Crippen molar-refractivity contribution < 1.29 is 4.79 Å². The van der Waals surface area contributed by atoms with E-state index in [-0.39, 0.29) is 17.8 Å². The summed E-state index contributed by atoms with van der Waals surface area (Å²) in [7, 11) is 1.65. The second-order valence-corrected chi connectivity index (χ2v) is 7.77. The molecule has 2 atom stereocenters. The van der Waals surface area contributed by atoms with Crippen molar-refractivity contribution in [2.24, 2.45) is 16.6 Å². The Bertz CT molecular complexity index is 924. The summed E-state index contributed by atoms with van der Waals surface area (Å²) in [6, 6.07) is 11.8. The normalized spacial score (nSPS) is 23.3. The van der Waals surface area contributed by atoms with Crippen LogP contribution in [0.5, 0.6) is 0 Å². The fourth-order valence-corrected chi connectivity index (χ4v) is 4.32. The molecular weight excluding hydrogens is 332 g/mol. The number of hydrogen-bond acceptors (Lipinski definition) is 5.